The van der Waals surface area contributed by atoms with Crippen LogP contribution in [0.5, 0.6) is 0 Å². The Morgan fingerprint density at radius 1 is 1.41 bits per heavy atom. The zero-order chi connectivity index (χ0) is 16.1. The molecule has 120 valence electrons. The Labute approximate surface area is 130 Å². The molecule has 2 atom stereocenters. The lowest BCUT2D eigenvalue weighted by Gasteiger charge is -2.21. The van der Waals surface area contributed by atoms with Gasteiger partial charge in [0, 0.05) is 13.7 Å². The van der Waals surface area contributed by atoms with Crippen molar-refractivity contribution in [2.45, 2.75) is 32.4 Å². The van der Waals surface area contributed by atoms with Crippen molar-refractivity contribution in [1.82, 2.24) is 15.3 Å². The smallest absolute Gasteiger partial charge is 0.223 e. The number of methoxy groups -OCH3 is 1. The molecule has 0 aliphatic rings. The molecule has 1 aromatic carbocycles. The van der Waals surface area contributed by atoms with E-state index in [-0.39, 0.29) is 30.4 Å². The van der Waals surface area contributed by atoms with Crippen LogP contribution in [0.4, 0.5) is 0 Å². The summed E-state index contributed by atoms with van der Waals surface area (Å²) in [6.07, 6.45) is -0.0142. The lowest BCUT2D eigenvalue weighted by atomic mass is 10.0. The van der Waals surface area contributed by atoms with Crippen LogP contribution in [-0.2, 0) is 9.53 Å². The van der Waals surface area contributed by atoms with Crippen LogP contribution in [-0.4, -0.2) is 35.6 Å². The first kappa shape index (κ1) is 16.5. The van der Waals surface area contributed by atoms with Gasteiger partial charge in [-0.25, -0.2) is 4.98 Å². The summed E-state index contributed by atoms with van der Waals surface area (Å²) < 4.78 is 5.16. The summed E-state index contributed by atoms with van der Waals surface area (Å²) in [6.45, 7) is 4.42. The molecule has 0 fully saturated rings. The number of carbonyl (C=O) groups is 1. The largest absolute Gasteiger partial charge is 0.380 e. The molecule has 0 aliphatic heterocycles. The summed E-state index contributed by atoms with van der Waals surface area (Å²) in [7, 11) is 1.56. The number of nitrogens with one attached hydrogen (secondary N) is 2. The van der Waals surface area contributed by atoms with Gasteiger partial charge in [0.05, 0.1) is 29.6 Å². The molecule has 2 unspecified atom stereocenters. The molecule has 22 heavy (non-hydrogen) atoms. The van der Waals surface area contributed by atoms with E-state index in [0.717, 1.165) is 16.9 Å². The van der Waals surface area contributed by atoms with Gasteiger partial charge in [0.15, 0.2) is 0 Å². The second kappa shape index (κ2) is 7.38. The van der Waals surface area contributed by atoms with Crippen molar-refractivity contribution in [1.29, 1.82) is 0 Å². The molecule has 1 heterocycles. The van der Waals surface area contributed by atoms with Crippen LogP contribution >= 0.6 is 0 Å². The summed E-state index contributed by atoms with van der Waals surface area (Å²) in [5.74, 6) is 0.895. The number of ether oxygens (including phenoxy) is 1. The highest BCUT2D eigenvalue weighted by Gasteiger charge is 2.23. The zero-order valence-corrected chi connectivity index (χ0v) is 13.3. The second-order valence-electron chi connectivity index (χ2n) is 5.73. The van der Waals surface area contributed by atoms with E-state index in [1.165, 1.54) is 0 Å². The van der Waals surface area contributed by atoms with Crippen LogP contribution in [0.1, 0.15) is 32.1 Å². The zero-order valence-electron chi connectivity index (χ0n) is 13.3. The Bertz CT molecular complexity index is 586. The van der Waals surface area contributed by atoms with Crippen molar-refractivity contribution in [2.75, 3.05) is 13.7 Å². The molecule has 0 spiro atoms. The molecule has 1 amide bonds. The van der Waals surface area contributed by atoms with Crippen LogP contribution in [0, 0.1) is 5.92 Å². The molecule has 0 bridgehead atoms. The third-order valence-corrected chi connectivity index (χ3v) is 3.69. The molecule has 0 saturated carbocycles. The number of amides is 1. The van der Waals surface area contributed by atoms with Crippen LogP contribution < -0.4 is 11.1 Å². The van der Waals surface area contributed by atoms with Gasteiger partial charge in [-0.1, -0.05) is 26.0 Å². The number of hydrogen-bond donors (Lipinski definition) is 3. The minimum absolute atomic E-state index is 0.0866. The summed E-state index contributed by atoms with van der Waals surface area (Å²) in [5.41, 5.74) is 7.42. The summed E-state index contributed by atoms with van der Waals surface area (Å²) in [6, 6.07) is 7.65. The molecule has 2 rings (SSSR count). The Balaban J connectivity index is 2.14. The second-order valence-corrected chi connectivity index (χ2v) is 5.73. The highest BCUT2D eigenvalue weighted by atomic mass is 16.5. The molecule has 0 radical (unpaired) electrons. The van der Waals surface area contributed by atoms with Crippen LogP contribution in [0.3, 0.4) is 0 Å². The fourth-order valence-corrected chi connectivity index (χ4v) is 2.37. The van der Waals surface area contributed by atoms with E-state index >= 15 is 0 Å². The number of nitrogens with two attached hydrogens (primary N) is 1. The van der Waals surface area contributed by atoms with Crippen LogP contribution in [0.25, 0.3) is 11.0 Å². The van der Waals surface area contributed by atoms with E-state index in [2.05, 4.69) is 29.1 Å². The molecule has 4 N–H and O–H groups in total. The molecular weight excluding hydrogens is 280 g/mol. The fraction of sp³-hybridized carbons (Fsp3) is 0.500. The van der Waals surface area contributed by atoms with Gasteiger partial charge in [0.1, 0.15) is 5.82 Å². The number of fused-ring (bicyclic) bond motifs is 1. The quantitative estimate of drug-likeness (QED) is 0.726. The van der Waals surface area contributed by atoms with Gasteiger partial charge in [0.2, 0.25) is 5.91 Å². The SMILES string of the molecule is COC(CN)CC(=O)NC(c1nc2ccccc2[nH]1)C(C)C. The molecule has 0 saturated heterocycles. The van der Waals surface area contributed by atoms with E-state index in [1.54, 1.807) is 7.11 Å². The average Bonchev–Trinajstić information content (AvgIpc) is 2.93. The first-order valence-corrected chi connectivity index (χ1v) is 7.52. The van der Waals surface area contributed by atoms with Gasteiger partial charge >= 0.3 is 0 Å². The van der Waals surface area contributed by atoms with Crippen LogP contribution in [0.15, 0.2) is 24.3 Å². The van der Waals surface area contributed by atoms with Gasteiger partial charge in [-0.15, -0.1) is 0 Å². The van der Waals surface area contributed by atoms with Gasteiger partial charge in [-0.3, -0.25) is 4.79 Å². The summed E-state index contributed by atoms with van der Waals surface area (Å²) in [4.78, 5) is 20.0. The van der Waals surface area contributed by atoms with Gasteiger partial charge in [-0.05, 0) is 18.1 Å². The third kappa shape index (κ3) is 3.84. The molecule has 1 aromatic heterocycles. The summed E-state index contributed by atoms with van der Waals surface area (Å²) in [5, 5.41) is 3.02. The van der Waals surface area contributed by atoms with Gasteiger partial charge in [0.25, 0.3) is 0 Å². The minimum atomic E-state index is -0.261. The first-order valence-electron chi connectivity index (χ1n) is 7.52. The normalized spacial score (nSPS) is 14.2. The predicted molar refractivity (Wildman–Crippen MR) is 86.3 cm³/mol. The number of imidazole rings is 1. The minimum Gasteiger partial charge on any atom is -0.380 e. The van der Waals surface area contributed by atoms with Crippen LogP contribution in [0.2, 0.25) is 0 Å². The highest BCUT2D eigenvalue weighted by Crippen LogP contribution is 2.22. The lowest BCUT2D eigenvalue weighted by Crippen LogP contribution is -2.36. The standard InChI is InChI=1S/C16H24N4O2/c1-10(2)15(20-14(21)8-11(9-17)22-3)16-18-12-6-4-5-7-13(12)19-16/h4-7,10-11,15H,8-9,17H2,1-3H3,(H,18,19)(H,20,21). The lowest BCUT2D eigenvalue weighted by molar-refractivity contribution is -0.124. The van der Waals surface area contributed by atoms with Crippen molar-refractivity contribution in [3.8, 4) is 0 Å². The Morgan fingerprint density at radius 2 is 2.14 bits per heavy atom. The number of para-hydroxylation sites is 2. The third-order valence-electron chi connectivity index (χ3n) is 3.69. The van der Waals surface area contributed by atoms with Crippen molar-refractivity contribution < 1.29 is 9.53 Å². The number of H-pyrrole nitrogens is 1. The van der Waals surface area contributed by atoms with Crippen molar-refractivity contribution in [3.05, 3.63) is 30.1 Å². The number of carbonyl (C=O) groups excluding carboxylic acids is 1. The van der Waals surface area contributed by atoms with Gasteiger partial charge in [-0.2, -0.15) is 0 Å². The topological polar surface area (TPSA) is 93.0 Å². The molecule has 2 aromatic rings. The maximum atomic E-state index is 12.2. The van der Waals surface area contributed by atoms with E-state index in [9.17, 15) is 4.79 Å². The Hall–Kier alpha value is -1.92. The van der Waals surface area contributed by atoms with Crippen molar-refractivity contribution in [2.24, 2.45) is 11.7 Å². The van der Waals surface area contributed by atoms with Crippen molar-refractivity contribution >= 4 is 16.9 Å². The van der Waals surface area contributed by atoms with E-state index < -0.39 is 0 Å². The molecule has 6 nitrogen and oxygen atoms in total. The highest BCUT2D eigenvalue weighted by molar-refractivity contribution is 5.78. The number of benzene rings is 1. The molecule has 6 heteroatoms. The predicted octanol–water partition coefficient (Wildman–Crippen LogP) is 1.74. The Kier molecular flexibility index (Phi) is 5.51. The number of rotatable bonds is 7. The molecule has 0 aliphatic carbocycles. The number of nitrogens with zero attached hydrogens (tertiary/aromatic N) is 1. The number of aromatic amines is 1. The van der Waals surface area contributed by atoms with E-state index in [1.807, 2.05) is 24.3 Å². The maximum Gasteiger partial charge on any atom is 0.223 e. The molecular formula is C16H24N4O2. The maximum absolute atomic E-state index is 12.2. The monoisotopic (exact) mass is 304 g/mol. The number of aromatic nitrogens is 2. The van der Waals surface area contributed by atoms with E-state index in [4.69, 9.17) is 10.5 Å². The fourth-order valence-electron chi connectivity index (χ4n) is 2.37. The Morgan fingerprint density at radius 3 is 2.73 bits per heavy atom. The summed E-state index contributed by atoms with van der Waals surface area (Å²) >= 11 is 0. The van der Waals surface area contributed by atoms with Crippen molar-refractivity contribution in [3.63, 3.8) is 0 Å². The van der Waals surface area contributed by atoms with Gasteiger partial charge < -0.3 is 20.8 Å². The first-order chi connectivity index (χ1) is 10.5. The van der Waals surface area contributed by atoms with E-state index in [0.29, 0.717) is 6.54 Å². The number of hydrogen-bond acceptors (Lipinski definition) is 4. The average molecular weight is 304 g/mol.